The molecule has 0 saturated heterocycles. The van der Waals surface area contributed by atoms with Gasteiger partial charge >= 0.3 is 0 Å². The molecule has 0 aliphatic heterocycles. The Balaban J connectivity index is 1.61. The highest BCUT2D eigenvalue weighted by molar-refractivity contribution is 9.10. The summed E-state index contributed by atoms with van der Waals surface area (Å²) in [6.45, 7) is 0. The van der Waals surface area contributed by atoms with E-state index >= 15 is 0 Å². The van der Waals surface area contributed by atoms with E-state index in [0.29, 0.717) is 34.4 Å². The van der Waals surface area contributed by atoms with Crippen molar-refractivity contribution in [3.05, 3.63) is 68.6 Å². The first kappa shape index (κ1) is 31.3. The van der Waals surface area contributed by atoms with Gasteiger partial charge in [0.05, 0.1) is 22.9 Å². The summed E-state index contributed by atoms with van der Waals surface area (Å²) in [4.78, 5) is 31.9. The minimum atomic E-state index is -0.362. The molecule has 0 fully saturated rings. The molecule has 13 heteroatoms. The molecule has 6 N–H and O–H groups in total. The smallest absolute Gasteiger partial charge is 0.252 e. The van der Waals surface area contributed by atoms with E-state index in [1.165, 1.54) is 0 Å². The van der Waals surface area contributed by atoms with Crippen LogP contribution in [-0.4, -0.2) is 43.7 Å². The van der Waals surface area contributed by atoms with Crippen molar-refractivity contribution >= 4 is 99.4 Å². The number of nitrogens with two attached hydrogens (primary N) is 2. The summed E-state index contributed by atoms with van der Waals surface area (Å²) in [7, 11) is 0. The Morgan fingerprint density at radius 1 is 0.757 bits per heavy atom. The molecule has 0 bridgehead atoms. The molecule has 8 nitrogen and oxygen atoms in total. The Hall–Kier alpha value is -1.93. The molecule has 2 rings (SSSR count). The molecule has 2 aromatic rings. The van der Waals surface area contributed by atoms with E-state index in [2.05, 4.69) is 41.8 Å². The van der Waals surface area contributed by atoms with Crippen molar-refractivity contribution in [2.45, 2.75) is 25.7 Å². The standard InChI is InChI=1S/C24H26Br2N6O2S3/c25-17-5-1-3-15(11-17)13-21(33)31-23(29)36-19(27)7-9-35-10-8-20(28)37-24(30)32-22(34)14-16-4-2-6-18(26)12-16/h1-6,11-12,27-28H,7-10,13-14H2,(H2,29,31,33)(H2,30,32,34). The highest BCUT2D eigenvalue weighted by Crippen LogP contribution is 2.16. The molecule has 0 unspecified atom stereocenters. The summed E-state index contributed by atoms with van der Waals surface area (Å²) in [5.74, 6) is 0.605. The number of nitrogens with zero attached hydrogens (tertiary/aromatic N) is 2. The highest BCUT2D eigenvalue weighted by Gasteiger charge is 2.09. The number of carbonyl (C=O) groups excluding carboxylic acids is 2. The van der Waals surface area contributed by atoms with Gasteiger partial charge in [-0.05, 0) is 70.4 Å². The molecule has 2 aromatic carbocycles. The molecule has 0 heterocycles. The molecular weight excluding hydrogens is 660 g/mol. The molecule has 0 spiro atoms. The van der Waals surface area contributed by atoms with Crippen LogP contribution in [0.2, 0.25) is 0 Å². The largest absolute Gasteiger partial charge is 0.378 e. The van der Waals surface area contributed by atoms with Gasteiger partial charge < -0.3 is 11.5 Å². The first-order valence-corrected chi connectivity index (χ1v) is 15.3. The summed E-state index contributed by atoms with van der Waals surface area (Å²) in [6.07, 6.45) is 1.23. The number of benzene rings is 2. The molecule has 0 saturated carbocycles. The summed E-state index contributed by atoms with van der Waals surface area (Å²) < 4.78 is 1.77. The minimum Gasteiger partial charge on any atom is -0.378 e. The second kappa shape index (κ2) is 16.8. The molecule has 0 atom stereocenters. The van der Waals surface area contributed by atoms with Crippen LogP contribution in [0.15, 0.2) is 67.5 Å². The van der Waals surface area contributed by atoms with Crippen molar-refractivity contribution in [3.8, 4) is 0 Å². The van der Waals surface area contributed by atoms with Gasteiger partial charge in [-0.1, -0.05) is 56.1 Å². The van der Waals surface area contributed by atoms with Crippen LogP contribution in [0.4, 0.5) is 0 Å². The van der Waals surface area contributed by atoms with E-state index in [4.69, 9.17) is 22.3 Å². The molecule has 37 heavy (non-hydrogen) atoms. The van der Waals surface area contributed by atoms with Crippen LogP contribution in [0, 0.1) is 10.8 Å². The number of aliphatic imine (C=N–C) groups is 2. The zero-order valence-corrected chi connectivity index (χ0v) is 25.3. The first-order chi connectivity index (χ1) is 17.6. The number of amidine groups is 2. The van der Waals surface area contributed by atoms with Gasteiger partial charge in [0.15, 0.2) is 10.3 Å². The fourth-order valence-electron chi connectivity index (χ4n) is 2.80. The summed E-state index contributed by atoms with van der Waals surface area (Å²) in [5.41, 5.74) is 13.3. The monoisotopic (exact) mass is 684 g/mol. The van der Waals surface area contributed by atoms with Crippen LogP contribution in [-0.2, 0) is 22.4 Å². The summed E-state index contributed by atoms with van der Waals surface area (Å²) in [6, 6.07) is 14.8. The van der Waals surface area contributed by atoms with Crippen molar-refractivity contribution < 1.29 is 9.59 Å². The zero-order valence-electron chi connectivity index (χ0n) is 19.7. The quantitative estimate of drug-likeness (QED) is 0.144. The van der Waals surface area contributed by atoms with Gasteiger partial charge in [-0.15, -0.1) is 0 Å². The van der Waals surface area contributed by atoms with Crippen LogP contribution in [0.25, 0.3) is 0 Å². The van der Waals surface area contributed by atoms with E-state index < -0.39 is 0 Å². The number of thioether (sulfide) groups is 3. The van der Waals surface area contributed by atoms with Crippen LogP contribution in [0.5, 0.6) is 0 Å². The van der Waals surface area contributed by atoms with E-state index in [0.717, 1.165) is 43.6 Å². The lowest BCUT2D eigenvalue weighted by molar-refractivity contribution is -0.118. The van der Waals surface area contributed by atoms with Gasteiger partial charge in [-0.3, -0.25) is 20.4 Å². The van der Waals surface area contributed by atoms with Gasteiger partial charge in [0.25, 0.3) is 11.8 Å². The fourth-order valence-corrected chi connectivity index (χ4v) is 6.06. The van der Waals surface area contributed by atoms with Gasteiger partial charge in [-0.2, -0.15) is 21.7 Å². The Bertz CT molecular complexity index is 1120. The molecule has 196 valence electrons. The molecular formula is C24H26Br2N6O2S3. The predicted octanol–water partition coefficient (Wildman–Crippen LogP) is 5.61. The Kier molecular flexibility index (Phi) is 14.2. The van der Waals surface area contributed by atoms with E-state index in [1.54, 1.807) is 11.8 Å². The molecule has 0 aromatic heterocycles. The van der Waals surface area contributed by atoms with Crippen molar-refractivity contribution in [1.82, 2.24) is 0 Å². The highest BCUT2D eigenvalue weighted by atomic mass is 79.9. The molecule has 2 amide bonds. The third kappa shape index (κ3) is 14.0. The van der Waals surface area contributed by atoms with Crippen LogP contribution in [0.1, 0.15) is 24.0 Å². The zero-order chi connectivity index (χ0) is 27.2. The average molecular weight is 687 g/mol. The summed E-state index contributed by atoms with van der Waals surface area (Å²) in [5, 5.41) is 16.8. The molecule has 0 aliphatic carbocycles. The Morgan fingerprint density at radius 2 is 1.16 bits per heavy atom. The van der Waals surface area contributed by atoms with Gasteiger partial charge in [0.1, 0.15) is 0 Å². The lowest BCUT2D eigenvalue weighted by Gasteiger charge is -2.05. The fraction of sp³-hybridized carbons (Fsp3) is 0.250. The number of hydrogen-bond donors (Lipinski definition) is 4. The maximum Gasteiger partial charge on any atom is 0.252 e. The average Bonchev–Trinajstić information content (AvgIpc) is 2.78. The van der Waals surface area contributed by atoms with E-state index in [9.17, 15) is 9.59 Å². The maximum atomic E-state index is 12.1. The predicted molar refractivity (Wildman–Crippen MR) is 166 cm³/mol. The second-order valence-electron chi connectivity index (χ2n) is 7.46. The van der Waals surface area contributed by atoms with Crippen molar-refractivity contribution in [1.29, 1.82) is 10.8 Å². The van der Waals surface area contributed by atoms with Crippen LogP contribution < -0.4 is 11.5 Å². The third-order valence-electron chi connectivity index (χ3n) is 4.36. The summed E-state index contributed by atoms with van der Waals surface area (Å²) >= 11 is 10.3. The Labute approximate surface area is 245 Å². The van der Waals surface area contributed by atoms with E-state index in [-0.39, 0.29) is 35.0 Å². The lowest BCUT2D eigenvalue weighted by Crippen LogP contribution is -2.14. The van der Waals surface area contributed by atoms with Gasteiger partial charge in [0.2, 0.25) is 0 Å². The SMILES string of the molecule is N=C(CCSCCC(=N)SC(N)=NC(=O)Cc1cccc(Br)c1)SC(N)=NC(=O)Cc1cccc(Br)c1. The minimum absolute atomic E-state index is 0.0531. The van der Waals surface area contributed by atoms with Crippen LogP contribution >= 0.6 is 67.1 Å². The normalized spacial score (nSPS) is 11.8. The van der Waals surface area contributed by atoms with Crippen molar-refractivity contribution in [3.63, 3.8) is 0 Å². The number of hydrogen-bond acceptors (Lipinski definition) is 7. The molecule has 0 aliphatic rings. The van der Waals surface area contributed by atoms with Crippen molar-refractivity contribution in [2.75, 3.05) is 11.5 Å². The molecule has 0 radical (unpaired) electrons. The second-order valence-corrected chi connectivity index (χ2v) is 12.8. The first-order valence-electron chi connectivity index (χ1n) is 10.9. The number of halogens is 2. The van der Waals surface area contributed by atoms with Gasteiger partial charge in [-0.25, -0.2) is 0 Å². The number of amides is 2. The number of nitrogens with one attached hydrogen (secondary N) is 2. The topological polar surface area (TPSA) is 159 Å². The van der Waals surface area contributed by atoms with Crippen LogP contribution in [0.3, 0.4) is 0 Å². The maximum absolute atomic E-state index is 12.1. The Morgan fingerprint density at radius 3 is 1.54 bits per heavy atom. The van der Waals surface area contributed by atoms with Gasteiger partial charge in [0, 0.05) is 21.8 Å². The van der Waals surface area contributed by atoms with E-state index in [1.807, 2.05) is 48.5 Å². The third-order valence-corrected chi connectivity index (χ3v) is 7.84. The number of rotatable bonds is 10. The lowest BCUT2D eigenvalue weighted by atomic mass is 10.1. The van der Waals surface area contributed by atoms with Crippen molar-refractivity contribution in [2.24, 2.45) is 21.5 Å². The number of carbonyl (C=O) groups is 2.